The van der Waals surface area contributed by atoms with Crippen LogP contribution in [-0.4, -0.2) is 42.2 Å². The fraction of sp³-hybridized carbons (Fsp3) is 0.522. The van der Waals surface area contributed by atoms with E-state index in [1.807, 2.05) is 38.4 Å². The molecule has 7 nitrogen and oxygen atoms in total. The summed E-state index contributed by atoms with van der Waals surface area (Å²) in [7, 11) is 4.10. The molecule has 2 aliphatic carbocycles. The summed E-state index contributed by atoms with van der Waals surface area (Å²) < 4.78 is 0.982. The van der Waals surface area contributed by atoms with Gasteiger partial charge >= 0.3 is 6.03 Å². The summed E-state index contributed by atoms with van der Waals surface area (Å²) >= 11 is 3.45. The number of amides is 2. The molecule has 0 aliphatic heterocycles. The summed E-state index contributed by atoms with van der Waals surface area (Å²) in [4.78, 5) is 25.7. The molecule has 1 aromatic carbocycles. The molecule has 0 bridgehead atoms. The van der Waals surface area contributed by atoms with Crippen LogP contribution in [0.15, 0.2) is 28.7 Å². The molecular formula is C23H31BrN6O. The highest BCUT2D eigenvalue weighted by Crippen LogP contribution is 2.31. The summed E-state index contributed by atoms with van der Waals surface area (Å²) in [5, 5.41) is 3.57. The summed E-state index contributed by atoms with van der Waals surface area (Å²) in [6, 6.07) is 7.76. The number of carbonyl (C=O) groups is 1. The van der Waals surface area contributed by atoms with Gasteiger partial charge in [0.15, 0.2) is 0 Å². The first kappa shape index (κ1) is 21.9. The molecule has 2 amide bonds. The Morgan fingerprint density at radius 1 is 1.06 bits per heavy atom. The number of nitrogens with two attached hydrogens (primary N) is 1. The van der Waals surface area contributed by atoms with Crippen molar-refractivity contribution >= 4 is 39.4 Å². The number of primary amides is 1. The van der Waals surface area contributed by atoms with Crippen LogP contribution in [0, 0.1) is 0 Å². The van der Waals surface area contributed by atoms with Crippen LogP contribution < -0.4 is 20.9 Å². The lowest BCUT2D eigenvalue weighted by Gasteiger charge is -2.36. The van der Waals surface area contributed by atoms with Crippen molar-refractivity contribution in [3.63, 3.8) is 0 Å². The van der Waals surface area contributed by atoms with Crippen LogP contribution in [0.2, 0.25) is 0 Å². The smallest absolute Gasteiger partial charge is 0.319 e. The zero-order valence-corrected chi connectivity index (χ0v) is 19.9. The van der Waals surface area contributed by atoms with Crippen molar-refractivity contribution < 1.29 is 4.79 Å². The first-order chi connectivity index (χ1) is 14.9. The SMILES string of the molecule is CN(C)c1nc(N[C@H]2CC[C@@H](N(C(N)=O)c3ccc(Br)cc3)CC2)nc2c1CCCC2. The fourth-order valence-corrected chi connectivity index (χ4v) is 5.05. The van der Waals surface area contributed by atoms with Gasteiger partial charge in [-0.25, -0.2) is 9.78 Å². The van der Waals surface area contributed by atoms with Crippen LogP contribution in [0.4, 0.5) is 22.2 Å². The second kappa shape index (κ2) is 9.42. The number of urea groups is 1. The second-order valence-electron chi connectivity index (χ2n) is 8.73. The molecule has 1 heterocycles. The fourth-order valence-electron chi connectivity index (χ4n) is 4.79. The molecule has 2 aliphatic rings. The molecular weight excluding hydrogens is 456 g/mol. The largest absolute Gasteiger partial charge is 0.362 e. The first-order valence-corrected chi connectivity index (χ1v) is 11.9. The van der Waals surface area contributed by atoms with E-state index in [0.29, 0.717) is 6.04 Å². The van der Waals surface area contributed by atoms with Crippen LogP contribution in [0.25, 0.3) is 0 Å². The Labute approximate surface area is 192 Å². The number of nitrogens with zero attached hydrogens (tertiary/aromatic N) is 4. The van der Waals surface area contributed by atoms with Crippen molar-refractivity contribution in [1.82, 2.24) is 9.97 Å². The molecule has 3 N–H and O–H groups in total. The Morgan fingerprint density at radius 2 is 1.74 bits per heavy atom. The topological polar surface area (TPSA) is 87.4 Å². The molecule has 8 heteroatoms. The Kier molecular flexibility index (Phi) is 6.65. The van der Waals surface area contributed by atoms with Crippen molar-refractivity contribution in [2.45, 2.75) is 63.5 Å². The lowest BCUT2D eigenvalue weighted by atomic mass is 9.90. The van der Waals surface area contributed by atoms with Gasteiger partial charge in [0.1, 0.15) is 5.82 Å². The lowest BCUT2D eigenvalue weighted by molar-refractivity contribution is 0.248. The Hall–Kier alpha value is -2.35. The molecule has 0 atom stereocenters. The minimum atomic E-state index is -0.396. The Balaban J connectivity index is 1.44. The van der Waals surface area contributed by atoms with Crippen molar-refractivity contribution in [3.8, 4) is 0 Å². The minimum absolute atomic E-state index is 0.110. The summed E-state index contributed by atoms with van der Waals surface area (Å²) in [6.45, 7) is 0. The Morgan fingerprint density at radius 3 is 2.39 bits per heavy atom. The molecule has 1 fully saturated rings. The van der Waals surface area contributed by atoms with Crippen LogP contribution in [0.5, 0.6) is 0 Å². The third-order valence-electron chi connectivity index (χ3n) is 6.32. The number of nitrogens with one attached hydrogen (secondary N) is 1. The van der Waals surface area contributed by atoms with E-state index in [4.69, 9.17) is 15.7 Å². The highest BCUT2D eigenvalue weighted by atomic mass is 79.9. The standard InChI is InChI=1S/C23H31BrN6O/c1-29(2)21-19-5-3-4-6-20(19)27-23(28-21)26-16-9-13-18(14-10-16)30(22(25)31)17-11-7-15(24)8-12-17/h7-8,11-12,16,18H,3-6,9-10,13-14H2,1-2H3,(H2,25,31)(H,26,27,28)/t16-,18+. The molecule has 4 rings (SSSR count). The molecule has 1 aromatic heterocycles. The van der Waals surface area contributed by atoms with Gasteiger partial charge in [-0.05, 0) is 75.6 Å². The maximum absolute atomic E-state index is 12.2. The zero-order chi connectivity index (χ0) is 22.0. The quantitative estimate of drug-likeness (QED) is 0.649. The highest BCUT2D eigenvalue weighted by molar-refractivity contribution is 9.10. The van der Waals surface area contributed by atoms with Gasteiger partial charge in [-0.3, -0.25) is 4.90 Å². The average Bonchev–Trinajstić information content (AvgIpc) is 2.75. The van der Waals surface area contributed by atoms with Crippen LogP contribution in [0.3, 0.4) is 0 Å². The van der Waals surface area contributed by atoms with E-state index in [1.165, 1.54) is 24.1 Å². The van der Waals surface area contributed by atoms with E-state index in [1.54, 1.807) is 4.90 Å². The van der Waals surface area contributed by atoms with Gasteiger partial charge in [0.05, 0.1) is 5.69 Å². The van der Waals surface area contributed by atoms with Gasteiger partial charge < -0.3 is 16.0 Å². The summed E-state index contributed by atoms with van der Waals surface area (Å²) in [6.07, 6.45) is 8.17. The molecule has 1 saturated carbocycles. The van der Waals surface area contributed by atoms with E-state index in [0.717, 1.165) is 60.5 Å². The molecule has 0 radical (unpaired) electrons. The van der Waals surface area contributed by atoms with Crippen LogP contribution in [-0.2, 0) is 12.8 Å². The molecule has 0 spiro atoms. The van der Waals surface area contributed by atoms with Crippen LogP contribution >= 0.6 is 15.9 Å². The lowest BCUT2D eigenvalue weighted by Crippen LogP contribution is -2.46. The zero-order valence-electron chi connectivity index (χ0n) is 18.3. The minimum Gasteiger partial charge on any atom is -0.362 e. The van der Waals surface area contributed by atoms with Crippen molar-refractivity contribution in [2.24, 2.45) is 5.73 Å². The number of carbonyl (C=O) groups excluding carboxylic acids is 1. The summed E-state index contributed by atoms with van der Waals surface area (Å²) in [5.74, 6) is 1.77. The van der Waals surface area contributed by atoms with Gasteiger partial charge in [0, 0.05) is 41.9 Å². The number of aryl methyl sites for hydroxylation is 1. The van der Waals surface area contributed by atoms with E-state index in [2.05, 4.69) is 26.1 Å². The third-order valence-corrected chi connectivity index (χ3v) is 6.85. The monoisotopic (exact) mass is 486 g/mol. The van der Waals surface area contributed by atoms with E-state index < -0.39 is 6.03 Å². The number of halogens is 1. The number of hydrogen-bond donors (Lipinski definition) is 2. The van der Waals surface area contributed by atoms with Gasteiger partial charge in [0.2, 0.25) is 5.95 Å². The Bertz CT molecular complexity index is 924. The van der Waals surface area contributed by atoms with Crippen molar-refractivity contribution in [1.29, 1.82) is 0 Å². The van der Waals surface area contributed by atoms with Crippen molar-refractivity contribution in [2.75, 3.05) is 29.2 Å². The average molecular weight is 487 g/mol. The first-order valence-electron chi connectivity index (χ1n) is 11.1. The predicted molar refractivity (Wildman–Crippen MR) is 129 cm³/mol. The van der Waals surface area contributed by atoms with E-state index in [-0.39, 0.29) is 6.04 Å². The van der Waals surface area contributed by atoms with Gasteiger partial charge in [-0.15, -0.1) is 0 Å². The third kappa shape index (κ3) is 4.95. The van der Waals surface area contributed by atoms with Crippen molar-refractivity contribution in [3.05, 3.63) is 40.0 Å². The van der Waals surface area contributed by atoms with Gasteiger partial charge in [0.25, 0.3) is 0 Å². The number of rotatable bonds is 5. The van der Waals surface area contributed by atoms with Gasteiger partial charge in [-0.2, -0.15) is 4.98 Å². The molecule has 0 unspecified atom stereocenters. The number of aromatic nitrogens is 2. The summed E-state index contributed by atoms with van der Waals surface area (Å²) in [5.41, 5.74) is 9.08. The predicted octanol–water partition coefficient (Wildman–Crippen LogP) is 4.49. The number of fused-ring (bicyclic) bond motifs is 1. The highest BCUT2D eigenvalue weighted by Gasteiger charge is 2.29. The van der Waals surface area contributed by atoms with Gasteiger partial charge in [-0.1, -0.05) is 15.9 Å². The maximum Gasteiger partial charge on any atom is 0.319 e. The number of anilines is 3. The van der Waals surface area contributed by atoms with E-state index in [9.17, 15) is 4.79 Å². The second-order valence-corrected chi connectivity index (χ2v) is 9.65. The molecule has 166 valence electrons. The normalized spacial score (nSPS) is 20.6. The number of benzene rings is 1. The molecule has 2 aromatic rings. The molecule has 0 saturated heterocycles. The molecule has 31 heavy (non-hydrogen) atoms. The van der Waals surface area contributed by atoms with E-state index >= 15 is 0 Å². The number of hydrogen-bond acceptors (Lipinski definition) is 5. The van der Waals surface area contributed by atoms with Crippen LogP contribution in [0.1, 0.15) is 49.8 Å². The maximum atomic E-state index is 12.2.